The topological polar surface area (TPSA) is 26.0 Å². The fourth-order valence-corrected chi connectivity index (χ4v) is 0.169. The zero-order chi connectivity index (χ0) is 3.70. The van der Waals surface area contributed by atoms with Gasteiger partial charge in [-0.25, -0.2) is 0 Å². The predicted octanol–water partition coefficient (Wildman–Crippen LogP) is 0.0402. The van der Waals surface area contributed by atoms with Crippen LogP contribution in [0.5, 0.6) is 0 Å². The summed E-state index contributed by atoms with van der Waals surface area (Å²) in [5.41, 5.74) is 9.11. The van der Waals surface area contributed by atoms with Gasteiger partial charge in [-0.2, -0.15) is 0 Å². The van der Waals surface area contributed by atoms with Crippen molar-refractivity contribution in [2.45, 2.75) is 0 Å². The van der Waals surface area contributed by atoms with Crippen LogP contribution < -0.4 is 5.73 Å². The molecule has 0 atom stereocenters. The second kappa shape index (κ2) is 0.713. The van der Waals surface area contributed by atoms with E-state index in [0.29, 0.717) is 6.54 Å². The van der Waals surface area contributed by atoms with Crippen molar-refractivity contribution in [3.05, 3.63) is 17.4 Å². The molecule has 0 saturated carbocycles. The van der Waals surface area contributed by atoms with Crippen LogP contribution in [-0.4, -0.2) is 6.54 Å². The molecule has 5 heavy (non-hydrogen) atoms. The quantitative estimate of drug-likeness (QED) is 0.430. The highest BCUT2D eigenvalue weighted by Crippen LogP contribution is 2.00. The summed E-state index contributed by atoms with van der Waals surface area (Å²) in [6, 6.07) is 0. The monoisotopic (exact) mass is 67.0 g/mol. The lowest BCUT2D eigenvalue weighted by molar-refractivity contribution is 1.23. The first-order valence-corrected chi connectivity index (χ1v) is 1.59. The third kappa shape index (κ3) is 0.380. The second-order valence-electron chi connectivity index (χ2n) is 1.02. The van der Waals surface area contributed by atoms with Crippen LogP contribution in [0.25, 0.3) is 0 Å². The number of nitrogens with two attached hydrogens (primary N) is 1. The molecular formula is C4H5N. The first-order valence-electron chi connectivity index (χ1n) is 1.59. The molecule has 0 aromatic carbocycles. The molecule has 0 fully saturated rings. The number of hydrogen-bond acceptors (Lipinski definition) is 1. The van der Waals surface area contributed by atoms with Crippen LogP contribution in [0.1, 0.15) is 0 Å². The normalized spacial score (nSPS) is 15.0. The Morgan fingerprint density at radius 1 is 2.00 bits per heavy atom. The average Bonchev–Trinajstić information content (AvgIpc) is 2.12. The van der Waals surface area contributed by atoms with Crippen molar-refractivity contribution >= 4 is 0 Å². The van der Waals surface area contributed by atoms with Crippen molar-refractivity contribution in [1.82, 2.24) is 0 Å². The van der Waals surface area contributed by atoms with Gasteiger partial charge in [0.1, 0.15) is 0 Å². The fourth-order valence-electron chi connectivity index (χ4n) is 0.169. The van der Waals surface area contributed by atoms with E-state index in [-0.39, 0.29) is 0 Å². The van der Waals surface area contributed by atoms with Gasteiger partial charge in [-0.15, -0.1) is 5.73 Å². The smallest absolute Gasteiger partial charge is 0.0258 e. The molecule has 0 bridgehead atoms. The molecule has 0 saturated heterocycles. The zero-order valence-electron chi connectivity index (χ0n) is 2.86. The SMILES string of the molecule is NCC1=C=C1. The maximum Gasteiger partial charge on any atom is 0.0258 e. The Hall–Kier alpha value is -0.520. The van der Waals surface area contributed by atoms with E-state index in [2.05, 4.69) is 5.73 Å². The summed E-state index contributed by atoms with van der Waals surface area (Å²) < 4.78 is 0. The molecule has 0 radical (unpaired) electrons. The molecular weight excluding hydrogens is 62.1 g/mol. The molecule has 0 aromatic heterocycles. The molecule has 1 heteroatoms. The Kier molecular flexibility index (Phi) is 0.385. The fraction of sp³-hybridized carbons (Fsp3) is 0.250. The second-order valence-corrected chi connectivity index (χ2v) is 1.02. The lowest BCUT2D eigenvalue weighted by atomic mass is 10.5. The lowest BCUT2D eigenvalue weighted by Gasteiger charge is -1.68. The molecule has 1 aliphatic rings. The molecule has 1 aliphatic carbocycles. The van der Waals surface area contributed by atoms with Gasteiger partial charge in [0.05, 0.1) is 0 Å². The molecule has 1 nitrogen and oxygen atoms in total. The summed E-state index contributed by atoms with van der Waals surface area (Å²) in [7, 11) is 0. The van der Waals surface area contributed by atoms with Crippen LogP contribution >= 0.6 is 0 Å². The average molecular weight is 67.1 g/mol. The highest BCUT2D eigenvalue weighted by atomic mass is 14.5. The van der Waals surface area contributed by atoms with Gasteiger partial charge in [-0.05, 0) is 6.08 Å². The lowest BCUT2D eigenvalue weighted by Crippen LogP contribution is -1.94. The summed E-state index contributed by atoms with van der Waals surface area (Å²) in [5.74, 6) is 0. The van der Waals surface area contributed by atoms with Gasteiger partial charge in [0.15, 0.2) is 0 Å². The Bertz CT molecular complexity index is 96.2. The molecule has 0 amide bonds. The van der Waals surface area contributed by atoms with E-state index in [1.807, 2.05) is 6.08 Å². The zero-order valence-corrected chi connectivity index (χ0v) is 2.86. The van der Waals surface area contributed by atoms with Crippen LogP contribution in [0.2, 0.25) is 0 Å². The Balaban J connectivity index is 2.30. The largest absolute Gasteiger partial charge is 0.326 e. The molecule has 0 unspecified atom stereocenters. The Morgan fingerprint density at radius 3 is 2.60 bits per heavy atom. The molecule has 1 rings (SSSR count). The van der Waals surface area contributed by atoms with Gasteiger partial charge in [0, 0.05) is 12.1 Å². The maximum atomic E-state index is 5.10. The molecule has 0 aliphatic heterocycles. The van der Waals surface area contributed by atoms with Gasteiger partial charge in [-0.3, -0.25) is 0 Å². The van der Waals surface area contributed by atoms with Crippen LogP contribution in [0, 0.1) is 0 Å². The highest BCUT2D eigenvalue weighted by Gasteiger charge is 1.90. The van der Waals surface area contributed by atoms with Crippen LogP contribution in [0.4, 0.5) is 0 Å². The van der Waals surface area contributed by atoms with Gasteiger partial charge in [0.2, 0.25) is 0 Å². The highest BCUT2D eigenvalue weighted by molar-refractivity contribution is 5.31. The van der Waals surface area contributed by atoms with E-state index < -0.39 is 0 Å². The van der Waals surface area contributed by atoms with Gasteiger partial charge in [0.25, 0.3) is 0 Å². The van der Waals surface area contributed by atoms with Crippen molar-refractivity contribution in [2.24, 2.45) is 5.73 Å². The molecule has 0 aromatic rings. The van der Waals surface area contributed by atoms with Gasteiger partial charge < -0.3 is 5.73 Å². The van der Waals surface area contributed by atoms with E-state index in [1.165, 1.54) is 0 Å². The van der Waals surface area contributed by atoms with E-state index in [1.54, 1.807) is 0 Å². The molecule has 2 N–H and O–H groups in total. The van der Waals surface area contributed by atoms with Gasteiger partial charge >= 0.3 is 0 Å². The Morgan fingerprint density at radius 2 is 2.60 bits per heavy atom. The van der Waals surface area contributed by atoms with Crippen LogP contribution in [0.15, 0.2) is 17.4 Å². The van der Waals surface area contributed by atoms with Crippen molar-refractivity contribution in [3.8, 4) is 0 Å². The number of hydrogen-bond donors (Lipinski definition) is 1. The third-order valence-electron chi connectivity index (χ3n) is 0.568. The maximum absolute atomic E-state index is 5.10. The standard InChI is InChI=1S/C4H5N/c5-3-4-1-2-4/h1H,3,5H2. The Labute approximate surface area is 30.8 Å². The summed E-state index contributed by atoms with van der Waals surface area (Å²) in [6.07, 6.45) is 1.89. The number of rotatable bonds is 1. The van der Waals surface area contributed by atoms with E-state index in [9.17, 15) is 0 Å². The van der Waals surface area contributed by atoms with Crippen molar-refractivity contribution in [3.63, 3.8) is 0 Å². The van der Waals surface area contributed by atoms with E-state index in [4.69, 9.17) is 5.73 Å². The summed E-state index contributed by atoms with van der Waals surface area (Å²) in [5, 5.41) is 0. The molecule has 0 spiro atoms. The first-order chi connectivity index (χ1) is 2.43. The minimum Gasteiger partial charge on any atom is -0.326 e. The van der Waals surface area contributed by atoms with Crippen LogP contribution in [-0.2, 0) is 0 Å². The summed E-state index contributed by atoms with van der Waals surface area (Å²) >= 11 is 0. The summed E-state index contributed by atoms with van der Waals surface area (Å²) in [6.45, 7) is 0.667. The molecule has 0 heterocycles. The minimum absolute atomic E-state index is 0.667. The molecule has 26 valence electrons. The van der Waals surface area contributed by atoms with E-state index in [0.717, 1.165) is 5.57 Å². The van der Waals surface area contributed by atoms with Crippen molar-refractivity contribution in [2.75, 3.05) is 6.54 Å². The van der Waals surface area contributed by atoms with Crippen LogP contribution in [0.3, 0.4) is 0 Å². The van der Waals surface area contributed by atoms with Crippen molar-refractivity contribution < 1.29 is 0 Å². The first kappa shape index (κ1) is 2.70. The minimum atomic E-state index is 0.667. The van der Waals surface area contributed by atoms with Crippen molar-refractivity contribution in [1.29, 1.82) is 0 Å². The predicted molar refractivity (Wildman–Crippen MR) is 20.7 cm³/mol. The van der Waals surface area contributed by atoms with E-state index >= 15 is 0 Å². The third-order valence-corrected chi connectivity index (χ3v) is 0.568. The summed E-state index contributed by atoms with van der Waals surface area (Å²) in [4.78, 5) is 0. The van der Waals surface area contributed by atoms with Gasteiger partial charge in [-0.1, -0.05) is 0 Å².